The summed E-state index contributed by atoms with van der Waals surface area (Å²) in [4.78, 5) is 24.6. The van der Waals surface area contributed by atoms with Gasteiger partial charge in [-0.2, -0.15) is 0 Å². The van der Waals surface area contributed by atoms with Crippen molar-refractivity contribution < 1.29 is 9.53 Å². The molecule has 6 heteroatoms. The summed E-state index contributed by atoms with van der Waals surface area (Å²) in [5.74, 6) is 1.70. The van der Waals surface area contributed by atoms with Crippen LogP contribution >= 0.6 is 0 Å². The number of nitrogens with one attached hydrogen (secondary N) is 1. The van der Waals surface area contributed by atoms with E-state index in [9.17, 15) is 4.79 Å². The lowest BCUT2D eigenvalue weighted by atomic mass is 9.95. The summed E-state index contributed by atoms with van der Waals surface area (Å²) in [6, 6.07) is 4.57. The second-order valence-corrected chi connectivity index (χ2v) is 9.16. The van der Waals surface area contributed by atoms with E-state index in [0.29, 0.717) is 5.92 Å². The summed E-state index contributed by atoms with van der Waals surface area (Å²) in [5.41, 5.74) is 5.04. The molecule has 1 aromatic heterocycles. The van der Waals surface area contributed by atoms with Crippen LogP contribution in [0.4, 0.5) is 5.95 Å². The maximum absolute atomic E-state index is 12.6. The molecule has 30 heavy (non-hydrogen) atoms. The van der Waals surface area contributed by atoms with Gasteiger partial charge in [-0.3, -0.25) is 4.79 Å². The number of carbonyl (C=O) groups excluding carboxylic acids is 1. The number of piperidine rings is 1. The number of anilines is 1. The molecule has 160 valence electrons. The summed E-state index contributed by atoms with van der Waals surface area (Å²) < 4.78 is 5.40. The summed E-state index contributed by atoms with van der Waals surface area (Å²) in [6.07, 6.45) is 7.43. The molecule has 1 N–H and O–H groups in total. The fourth-order valence-corrected chi connectivity index (χ4v) is 5.16. The maximum Gasteiger partial charge on any atom is 0.226 e. The Hall–Kier alpha value is -2.21. The normalized spacial score (nSPS) is 20.5. The van der Waals surface area contributed by atoms with Gasteiger partial charge in [0.15, 0.2) is 0 Å². The average Bonchev–Trinajstić information content (AvgIpc) is 3.24. The van der Waals surface area contributed by atoms with Crippen LogP contribution in [0.25, 0.3) is 10.9 Å². The van der Waals surface area contributed by atoms with Crippen molar-refractivity contribution in [2.24, 2.45) is 11.8 Å². The molecule has 2 aromatic rings. The Labute approximate surface area is 178 Å². The number of hydrogen-bond acceptors (Lipinski definition) is 5. The molecular weight excluding hydrogens is 376 g/mol. The largest absolute Gasteiger partial charge is 0.381 e. The number of nitrogens with zero attached hydrogens (tertiary/aromatic N) is 3. The predicted molar refractivity (Wildman–Crippen MR) is 118 cm³/mol. The summed E-state index contributed by atoms with van der Waals surface area (Å²) in [7, 11) is 0. The molecule has 0 spiro atoms. The van der Waals surface area contributed by atoms with Crippen LogP contribution in [0, 0.1) is 18.8 Å². The molecule has 6 nitrogen and oxygen atoms in total. The van der Waals surface area contributed by atoms with E-state index in [0.717, 1.165) is 82.1 Å². The van der Waals surface area contributed by atoms with E-state index in [-0.39, 0.29) is 11.8 Å². The zero-order chi connectivity index (χ0) is 20.5. The SMILES string of the molecule is Cc1nc(N2CCC(C(=O)NCC3CCOCC3)CC2)nc2cc3c(cc12)CCC3. The van der Waals surface area contributed by atoms with Gasteiger partial charge in [0, 0.05) is 44.2 Å². The third kappa shape index (κ3) is 4.02. The second-order valence-electron chi connectivity index (χ2n) is 9.16. The Morgan fingerprint density at radius 2 is 1.83 bits per heavy atom. The number of hydrogen-bond donors (Lipinski definition) is 1. The van der Waals surface area contributed by atoms with E-state index in [2.05, 4.69) is 29.3 Å². The first-order chi connectivity index (χ1) is 14.7. The molecule has 0 atom stereocenters. The molecule has 2 aliphatic heterocycles. The lowest BCUT2D eigenvalue weighted by Crippen LogP contribution is -2.42. The number of ether oxygens (including phenoxy) is 1. The minimum absolute atomic E-state index is 0.103. The molecule has 3 aliphatic rings. The fraction of sp³-hybridized carbons (Fsp3) is 0.625. The maximum atomic E-state index is 12.6. The summed E-state index contributed by atoms with van der Waals surface area (Å²) in [5, 5.41) is 4.37. The molecule has 1 aromatic carbocycles. The Morgan fingerprint density at radius 3 is 2.60 bits per heavy atom. The Balaban J connectivity index is 1.21. The minimum atomic E-state index is 0.103. The van der Waals surface area contributed by atoms with E-state index in [1.54, 1.807) is 0 Å². The molecule has 0 unspecified atom stereocenters. The zero-order valence-electron chi connectivity index (χ0n) is 18.0. The molecule has 0 saturated carbocycles. The molecule has 1 aliphatic carbocycles. The van der Waals surface area contributed by atoms with Crippen LogP contribution < -0.4 is 10.2 Å². The number of aryl methyl sites for hydroxylation is 3. The van der Waals surface area contributed by atoms with E-state index in [4.69, 9.17) is 14.7 Å². The van der Waals surface area contributed by atoms with Crippen LogP contribution in [0.3, 0.4) is 0 Å². The number of aromatic nitrogens is 2. The number of amides is 1. The van der Waals surface area contributed by atoms with Crippen molar-refractivity contribution in [3.8, 4) is 0 Å². The molecule has 0 radical (unpaired) electrons. The van der Waals surface area contributed by atoms with Crippen molar-refractivity contribution in [2.45, 2.75) is 51.9 Å². The van der Waals surface area contributed by atoms with Crippen LogP contribution in [0.5, 0.6) is 0 Å². The van der Waals surface area contributed by atoms with Crippen LogP contribution in [0.1, 0.15) is 48.9 Å². The first kappa shape index (κ1) is 19.7. The van der Waals surface area contributed by atoms with E-state index in [1.807, 2.05) is 0 Å². The molecule has 1 amide bonds. The summed E-state index contributed by atoms with van der Waals surface area (Å²) >= 11 is 0. The van der Waals surface area contributed by atoms with Gasteiger partial charge in [-0.05, 0) is 81.0 Å². The Bertz CT molecular complexity index is 930. The predicted octanol–water partition coefficient (Wildman–Crippen LogP) is 3.19. The van der Waals surface area contributed by atoms with Gasteiger partial charge in [-0.1, -0.05) is 0 Å². The fourth-order valence-electron chi connectivity index (χ4n) is 5.16. The van der Waals surface area contributed by atoms with Gasteiger partial charge in [-0.15, -0.1) is 0 Å². The highest BCUT2D eigenvalue weighted by atomic mass is 16.5. The lowest BCUT2D eigenvalue weighted by molar-refractivity contribution is -0.125. The monoisotopic (exact) mass is 408 g/mol. The quantitative estimate of drug-likeness (QED) is 0.842. The number of carbonyl (C=O) groups is 1. The highest BCUT2D eigenvalue weighted by Crippen LogP contribution is 2.30. The van der Waals surface area contributed by atoms with Crippen molar-refractivity contribution in [3.63, 3.8) is 0 Å². The van der Waals surface area contributed by atoms with Crippen LogP contribution in [-0.2, 0) is 22.4 Å². The van der Waals surface area contributed by atoms with Crippen molar-refractivity contribution in [1.29, 1.82) is 0 Å². The third-order valence-corrected chi connectivity index (χ3v) is 7.14. The first-order valence-corrected chi connectivity index (χ1v) is 11.6. The Kier molecular flexibility index (Phi) is 5.59. The van der Waals surface area contributed by atoms with E-state index >= 15 is 0 Å². The smallest absolute Gasteiger partial charge is 0.226 e. The number of fused-ring (bicyclic) bond motifs is 2. The van der Waals surface area contributed by atoms with Crippen molar-refractivity contribution in [2.75, 3.05) is 37.7 Å². The molecular formula is C24H32N4O2. The van der Waals surface area contributed by atoms with Crippen molar-refractivity contribution in [1.82, 2.24) is 15.3 Å². The average molecular weight is 409 g/mol. The topological polar surface area (TPSA) is 67.4 Å². The number of rotatable bonds is 4. The van der Waals surface area contributed by atoms with E-state index in [1.165, 1.54) is 29.4 Å². The van der Waals surface area contributed by atoms with Gasteiger partial charge in [0.2, 0.25) is 11.9 Å². The van der Waals surface area contributed by atoms with Crippen LogP contribution in [-0.4, -0.2) is 48.7 Å². The van der Waals surface area contributed by atoms with Gasteiger partial charge >= 0.3 is 0 Å². The highest BCUT2D eigenvalue weighted by Gasteiger charge is 2.27. The minimum Gasteiger partial charge on any atom is -0.381 e. The standard InChI is InChI=1S/C24H32N4O2/c1-16-21-13-19-3-2-4-20(19)14-22(21)27-24(26-16)28-9-5-18(6-10-28)23(29)25-15-17-7-11-30-12-8-17/h13-14,17-18H,2-12,15H2,1H3,(H,25,29). The van der Waals surface area contributed by atoms with Gasteiger partial charge in [-0.25, -0.2) is 9.97 Å². The lowest BCUT2D eigenvalue weighted by Gasteiger charge is -2.32. The molecule has 0 bridgehead atoms. The summed E-state index contributed by atoms with van der Waals surface area (Å²) in [6.45, 7) is 6.21. The van der Waals surface area contributed by atoms with Gasteiger partial charge in [0.05, 0.1) is 11.2 Å². The third-order valence-electron chi connectivity index (χ3n) is 7.14. The highest BCUT2D eigenvalue weighted by molar-refractivity contribution is 5.84. The number of benzene rings is 1. The van der Waals surface area contributed by atoms with Gasteiger partial charge < -0.3 is 15.0 Å². The Morgan fingerprint density at radius 1 is 1.10 bits per heavy atom. The van der Waals surface area contributed by atoms with Gasteiger partial charge in [0.25, 0.3) is 0 Å². The van der Waals surface area contributed by atoms with Crippen LogP contribution in [0.15, 0.2) is 12.1 Å². The van der Waals surface area contributed by atoms with Gasteiger partial charge in [0.1, 0.15) is 0 Å². The molecule has 5 rings (SSSR count). The molecule has 3 heterocycles. The zero-order valence-corrected chi connectivity index (χ0v) is 18.0. The van der Waals surface area contributed by atoms with E-state index < -0.39 is 0 Å². The second kappa shape index (κ2) is 8.50. The first-order valence-electron chi connectivity index (χ1n) is 11.6. The van der Waals surface area contributed by atoms with Crippen molar-refractivity contribution in [3.05, 3.63) is 29.0 Å². The van der Waals surface area contributed by atoms with Crippen molar-refractivity contribution >= 4 is 22.8 Å². The molecule has 2 saturated heterocycles. The molecule has 2 fully saturated rings. The van der Waals surface area contributed by atoms with Crippen LogP contribution in [0.2, 0.25) is 0 Å².